The van der Waals surface area contributed by atoms with Crippen LogP contribution in [0.1, 0.15) is 191 Å². The van der Waals surface area contributed by atoms with E-state index in [2.05, 4.69) is 69.2 Å². The van der Waals surface area contributed by atoms with Crippen LogP contribution in [-0.4, -0.2) is 201 Å². The zero-order chi connectivity index (χ0) is 85.9. The van der Waals surface area contributed by atoms with Gasteiger partial charge < -0.3 is 90.9 Å². The molecule has 0 aliphatic carbocycles. The molecule has 3 aromatic rings. The average Bonchev–Trinajstić information content (AvgIpc) is 1.33. The number of primary amides is 2. The minimum atomic E-state index is -1.78. The van der Waals surface area contributed by atoms with Crippen molar-refractivity contribution in [1.82, 2.24) is 63.5 Å². The molecular formula is C80H121N15O19. The molecule has 20 N–H and O–H groups in total. The number of fused-ring (bicyclic) bond motifs is 1. The van der Waals surface area contributed by atoms with E-state index < -0.39 is 197 Å². The zero-order valence-corrected chi connectivity index (χ0v) is 67.9. The maximum atomic E-state index is 15.0. The highest BCUT2D eigenvalue weighted by Crippen LogP contribution is 2.31. The monoisotopic (exact) mass is 1600 g/mol. The highest BCUT2D eigenvalue weighted by molar-refractivity contribution is 6.41. The Bertz CT molecular complexity index is 3900. The van der Waals surface area contributed by atoms with Crippen molar-refractivity contribution in [2.45, 2.75) is 258 Å². The number of carbonyl (C=O) groups excluding carboxylic acids is 16. The van der Waals surface area contributed by atoms with Gasteiger partial charge in [-0.2, -0.15) is 0 Å². The molecule has 34 nitrogen and oxygen atoms in total. The Kier molecular flexibility index (Phi) is 40.9. The number of H-pyrrole nitrogens is 1. The lowest BCUT2D eigenvalue weighted by molar-refractivity contribution is -0.140. The summed E-state index contributed by atoms with van der Waals surface area (Å²) < 4.78 is 0. The Balaban J connectivity index is 0.0000167. The van der Waals surface area contributed by atoms with E-state index in [-0.39, 0.29) is 75.5 Å². The predicted molar refractivity (Wildman–Crippen MR) is 424 cm³/mol. The Morgan fingerprint density at radius 2 is 1.12 bits per heavy atom. The number of allylic oxidation sites excluding steroid dienone is 2. The molecule has 2 heterocycles. The Hall–Kier alpha value is -10.6. The normalized spacial score (nSPS) is 23.1. The van der Waals surface area contributed by atoms with Crippen LogP contribution in [0.2, 0.25) is 0 Å². The summed E-state index contributed by atoms with van der Waals surface area (Å²) >= 11 is 0. The van der Waals surface area contributed by atoms with Gasteiger partial charge in [0.2, 0.25) is 88.1 Å². The highest BCUT2D eigenvalue weighted by atomic mass is 16.4. The van der Waals surface area contributed by atoms with Gasteiger partial charge in [-0.1, -0.05) is 89.4 Å². The van der Waals surface area contributed by atoms with Crippen LogP contribution < -0.4 is 75.7 Å². The summed E-state index contributed by atoms with van der Waals surface area (Å²) in [4.78, 5) is 236. The van der Waals surface area contributed by atoms with Crippen LogP contribution in [0.3, 0.4) is 0 Å². The zero-order valence-electron chi connectivity index (χ0n) is 67.9. The Morgan fingerprint density at radius 3 is 1.70 bits per heavy atom. The second-order valence-electron chi connectivity index (χ2n) is 30.4. The predicted octanol–water partition coefficient (Wildman–Crippen LogP) is 1.28. The molecule has 0 spiro atoms. The number of para-hydroxylation sites is 1. The standard InChI is InChI=1S/C79H116N14O19.CH5N/c1-43(2)36-54-42-84-58(30-32-62(80)96)67(102)66(101)48(7)86-74(109)61(38-53-41-83-57-25-21-20-24-56(53)57)91-75(110)60(37-52-26-28-55(95)29-27-52)90-73(108)59(31-33-63(97)98)92-76(111)78(11,39-45(4)94)34-22-18-16-14-13-15-17-19-23-35-79(12,93-72(54)107)77(112)89-51(10)71(106)88-50(9)70(105)87-49(8)69(104)85-47(6)65(100)64(99)46(5)82-40-44(3)68(81)103;1-2/h15,17,20-21,24-29,41,43-44,46-51,54,58-61,82-84,95H,13-14,16,18-19,22-23,30-40,42H2,1-12H3,(H2,80,96)(H2,81,103)(H,85,104)(H,86,109)(H,87,105)(H,88,106)(H,89,112)(H,90,108)(H,91,110)(H,92,111)(H,93,107)(H,97,98);2H2,1H3/b17-15+;/t44-,46-,47-,48?,49?,50-,51?,54+,58-,59-,60?,61-,78-,79-;/m0./s1. The van der Waals surface area contributed by atoms with Crippen LogP contribution >= 0.6 is 0 Å². The summed E-state index contributed by atoms with van der Waals surface area (Å²) in [7, 11) is 1.50. The number of carbonyl (C=O) groups is 17. The molecule has 11 amide bonds. The lowest BCUT2D eigenvalue weighted by Gasteiger charge is -2.33. The van der Waals surface area contributed by atoms with E-state index >= 15 is 0 Å². The van der Waals surface area contributed by atoms with Gasteiger partial charge in [0, 0.05) is 68.2 Å². The third-order valence-corrected chi connectivity index (χ3v) is 19.7. The maximum absolute atomic E-state index is 15.0. The lowest BCUT2D eigenvalue weighted by atomic mass is 9.79. The number of aromatic amines is 1. The fourth-order valence-corrected chi connectivity index (χ4v) is 12.7. The largest absolute Gasteiger partial charge is 0.508 e. The molecule has 0 bridgehead atoms. The minimum Gasteiger partial charge on any atom is -0.508 e. The summed E-state index contributed by atoms with van der Waals surface area (Å²) in [5, 5.41) is 49.9. The van der Waals surface area contributed by atoms with Crippen molar-refractivity contribution in [1.29, 1.82) is 0 Å². The van der Waals surface area contributed by atoms with Gasteiger partial charge in [0.1, 0.15) is 53.3 Å². The van der Waals surface area contributed by atoms with Crippen molar-refractivity contribution in [3.63, 3.8) is 0 Å². The molecule has 34 heteroatoms. The van der Waals surface area contributed by atoms with Gasteiger partial charge in [-0.25, -0.2) is 0 Å². The summed E-state index contributed by atoms with van der Waals surface area (Å²) in [5.41, 5.74) is 13.7. The molecule has 1 aliphatic heterocycles. The molecule has 0 radical (unpaired) electrons. The quantitative estimate of drug-likeness (QED) is 0.0344. The first kappa shape index (κ1) is 97.6. The van der Waals surface area contributed by atoms with Gasteiger partial charge in [0.15, 0.2) is 0 Å². The van der Waals surface area contributed by atoms with Gasteiger partial charge in [0.25, 0.3) is 0 Å². The molecule has 114 heavy (non-hydrogen) atoms. The number of aromatic hydroxyl groups is 1. The molecule has 0 saturated carbocycles. The van der Waals surface area contributed by atoms with Crippen molar-refractivity contribution < 1.29 is 91.7 Å². The molecule has 14 atom stereocenters. The number of aromatic nitrogens is 1. The SMILES string of the molecule is CC(=O)C[C@]1(C)CCCCCC/C=C/CCC[C@@](C)(C(=O)NC(C)C(=O)N[C@@H](C)C(=O)NC(C)C(=O)N[C@@H](C)C(=O)C(=O)[C@H](C)NC[C@H](C)C(N)=O)NC(=O)[C@H](CC(C)C)CN[C@@H](CCC(N)=O)C(=O)C(=O)C(C)NC(=O)[C@H](Cc2c[nH]c3ccccc23)NC(=O)C(Cc2ccc(O)cc2)NC(=O)[C@H](CCC(=O)O)NC1=O.CN. The average molecular weight is 1600 g/mol. The number of hydrogen-bond donors (Lipinski definition) is 17. The molecule has 1 aromatic heterocycles. The van der Waals surface area contributed by atoms with Gasteiger partial charge in [-0.05, 0) is 155 Å². The van der Waals surface area contributed by atoms with Crippen LogP contribution in [0.4, 0.5) is 0 Å². The van der Waals surface area contributed by atoms with E-state index in [9.17, 15) is 91.7 Å². The van der Waals surface area contributed by atoms with Crippen LogP contribution in [-0.2, 0) is 94.3 Å². The third kappa shape index (κ3) is 32.5. The lowest BCUT2D eigenvalue weighted by Crippen LogP contribution is -2.62. The van der Waals surface area contributed by atoms with Gasteiger partial charge >= 0.3 is 5.97 Å². The topological polar surface area (TPSA) is 557 Å². The first-order chi connectivity index (χ1) is 53.6. The van der Waals surface area contributed by atoms with E-state index in [0.29, 0.717) is 67.0 Å². The number of benzene rings is 2. The number of rotatable bonds is 29. The fraction of sp³-hybridized carbons (Fsp3) is 0.588. The molecular weight excluding hydrogens is 1470 g/mol. The number of ketones is 5. The second kappa shape index (κ2) is 47.8. The third-order valence-electron chi connectivity index (χ3n) is 19.7. The van der Waals surface area contributed by atoms with Crippen molar-refractivity contribution in [3.8, 4) is 5.75 Å². The van der Waals surface area contributed by atoms with Crippen LogP contribution in [0.15, 0.2) is 66.9 Å². The summed E-state index contributed by atoms with van der Waals surface area (Å²) in [5.74, 6) is -17.1. The second-order valence-corrected chi connectivity index (χ2v) is 30.4. The number of phenolic OH excluding ortho intramolecular Hbond substituents is 1. The van der Waals surface area contributed by atoms with Crippen LogP contribution in [0, 0.1) is 23.2 Å². The van der Waals surface area contributed by atoms with E-state index in [1.54, 1.807) is 37.4 Å². The van der Waals surface area contributed by atoms with Crippen molar-refractivity contribution in [2.75, 3.05) is 20.1 Å². The number of nitrogens with two attached hydrogens (primary N) is 3. The van der Waals surface area contributed by atoms with Crippen LogP contribution in [0.25, 0.3) is 10.9 Å². The number of carboxylic acids is 1. The number of carboxylic acid groups (broad SMARTS) is 1. The van der Waals surface area contributed by atoms with Crippen LogP contribution in [0.5, 0.6) is 5.75 Å². The molecule has 4 unspecified atom stereocenters. The van der Waals surface area contributed by atoms with Crippen molar-refractivity contribution in [2.24, 2.45) is 40.4 Å². The number of Topliss-reactive ketones (excluding diaryl/α,β-unsaturated/α-hetero) is 5. The molecule has 0 saturated heterocycles. The fourth-order valence-electron chi connectivity index (χ4n) is 12.7. The first-order valence-electron chi connectivity index (χ1n) is 38.8. The number of nitrogens with one attached hydrogen (secondary N) is 12. The molecule has 2 aromatic carbocycles. The van der Waals surface area contributed by atoms with E-state index in [1.807, 2.05) is 26.0 Å². The van der Waals surface area contributed by atoms with Crippen molar-refractivity contribution >= 4 is 111 Å². The smallest absolute Gasteiger partial charge is 0.303 e. The molecule has 0 fully saturated rings. The number of aliphatic carboxylic acids is 1. The van der Waals surface area contributed by atoms with Gasteiger partial charge in [0.05, 0.1) is 35.5 Å². The maximum Gasteiger partial charge on any atom is 0.303 e. The minimum absolute atomic E-state index is 0.0155. The molecule has 630 valence electrons. The van der Waals surface area contributed by atoms with E-state index in [1.165, 1.54) is 93.6 Å². The van der Waals surface area contributed by atoms with Gasteiger partial charge in [-0.15, -0.1) is 0 Å². The highest BCUT2D eigenvalue weighted by Gasteiger charge is 2.42. The molecule has 1 aliphatic rings. The van der Waals surface area contributed by atoms with E-state index in [4.69, 9.17) is 11.5 Å². The summed E-state index contributed by atoms with van der Waals surface area (Å²) in [6.45, 7) is 17.0. The number of amides is 11. The Labute approximate surface area is 665 Å². The summed E-state index contributed by atoms with van der Waals surface area (Å²) in [6.07, 6.45) is 6.82. The van der Waals surface area contributed by atoms with Crippen molar-refractivity contribution in [3.05, 3.63) is 78.0 Å². The van der Waals surface area contributed by atoms with Gasteiger partial charge in [-0.3, -0.25) is 81.5 Å². The molecule has 4 rings (SSSR count). The number of phenols is 1. The Morgan fingerprint density at radius 1 is 0.588 bits per heavy atom. The van der Waals surface area contributed by atoms with E-state index in [0.717, 1.165) is 0 Å². The number of hydrogen-bond acceptors (Lipinski definition) is 21. The summed E-state index contributed by atoms with van der Waals surface area (Å²) in [6, 6.07) is -1.59. The first-order valence-corrected chi connectivity index (χ1v) is 38.8.